The number of aromatic nitrogens is 1. The Morgan fingerprint density at radius 3 is 1.92 bits per heavy atom. The first-order chi connectivity index (χ1) is 12.5. The summed E-state index contributed by atoms with van der Waals surface area (Å²) in [6.07, 6.45) is 4.50. The Balaban J connectivity index is 2.44. The topological polar surface area (TPSA) is 16.1 Å². The number of hydrogen-bond donors (Lipinski definition) is 0. The van der Waals surface area contributed by atoms with Crippen molar-refractivity contribution < 1.29 is 0 Å². The van der Waals surface area contributed by atoms with Gasteiger partial charge in [0.15, 0.2) is 0 Å². The Kier molecular flexibility index (Phi) is 7.84. The Morgan fingerprint density at radius 2 is 1.46 bits per heavy atom. The quantitative estimate of drug-likeness (QED) is 0.541. The first-order valence-electron chi connectivity index (χ1n) is 10.4. The van der Waals surface area contributed by atoms with E-state index in [2.05, 4.69) is 70.7 Å². The summed E-state index contributed by atoms with van der Waals surface area (Å²) in [5.41, 5.74) is 9.28. The number of aryl methyl sites for hydroxylation is 4. The third-order valence-corrected chi connectivity index (χ3v) is 5.27. The largest absolute Gasteiger partial charge is 0.299 e. The highest BCUT2D eigenvalue weighted by Gasteiger charge is 2.15. The maximum Gasteiger partial charge on any atom is 0.0713 e. The summed E-state index contributed by atoms with van der Waals surface area (Å²) in [5, 5.41) is 0. The highest BCUT2D eigenvalue weighted by atomic mass is 15.1. The van der Waals surface area contributed by atoms with Crippen LogP contribution in [0.3, 0.4) is 0 Å². The summed E-state index contributed by atoms with van der Waals surface area (Å²) in [6, 6.07) is 8.99. The molecule has 2 heteroatoms. The van der Waals surface area contributed by atoms with E-state index in [1.54, 1.807) is 0 Å². The molecule has 0 atom stereocenters. The zero-order valence-corrected chi connectivity index (χ0v) is 17.7. The van der Waals surface area contributed by atoms with Crippen LogP contribution in [0.1, 0.15) is 68.5 Å². The molecule has 142 valence electrons. The highest BCUT2D eigenvalue weighted by molar-refractivity contribution is 5.69. The van der Waals surface area contributed by atoms with Crippen molar-refractivity contribution in [3.8, 4) is 11.3 Å². The van der Waals surface area contributed by atoms with Crippen LogP contribution in [0, 0.1) is 13.8 Å². The number of nitrogens with zero attached hydrogens (tertiary/aromatic N) is 2. The predicted octanol–water partition coefficient (Wildman–Crippen LogP) is 6.11. The molecule has 2 aromatic rings. The van der Waals surface area contributed by atoms with Gasteiger partial charge >= 0.3 is 0 Å². The van der Waals surface area contributed by atoms with Gasteiger partial charge in [0.2, 0.25) is 0 Å². The molecule has 1 aromatic carbocycles. The third kappa shape index (κ3) is 4.73. The standard InChI is InChI=1S/C24H36N2/c1-7-14-26(15-8-2)17-22-18(5)16-23(25-19(22)6)24-20(9-3)12-11-13-21(24)10-4/h11-13,16H,7-10,14-15,17H2,1-6H3. The number of pyridine rings is 1. The van der Waals surface area contributed by atoms with Crippen molar-refractivity contribution in [1.82, 2.24) is 9.88 Å². The fourth-order valence-electron chi connectivity index (χ4n) is 3.92. The van der Waals surface area contributed by atoms with Crippen molar-refractivity contribution in [3.63, 3.8) is 0 Å². The van der Waals surface area contributed by atoms with Crippen LogP contribution in [0.2, 0.25) is 0 Å². The molecule has 1 heterocycles. The lowest BCUT2D eigenvalue weighted by molar-refractivity contribution is 0.265. The van der Waals surface area contributed by atoms with Gasteiger partial charge in [0.1, 0.15) is 0 Å². The fourth-order valence-corrected chi connectivity index (χ4v) is 3.92. The van der Waals surface area contributed by atoms with Crippen LogP contribution in [0.4, 0.5) is 0 Å². The van der Waals surface area contributed by atoms with Gasteiger partial charge in [-0.3, -0.25) is 9.88 Å². The molecule has 0 saturated carbocycles. The molecule has 2 nitrogen and oxygen atoms in total. The molecule has 0 saturated heterocycles. The van der Waals surface area contributed by atoms with Gasteiger partial charge in [-0.05, 0) is 80.9 Å². The van der Waals surface area contributed by atoms with E-state index in [0.29, 0.717) is 0 Å². The molecular formula is C24H36N2. The molecule has 0 unspecified atom stereocenters. The van der Waals surface area contributed by atoms with Crippen molar-refractivity contribution in [3.05, 3.63) is 52.2 Å². The number of benzene rings is 1. The third-order valence-electron chi connectivity index (χ3n) is 5.27. The van der Waals surface area contributed by atoms with E-state index < -0.39 is 0 Å². The summed E-state index contributed by atoms with van der Waals surface area (Å²) in [6.45, 7) is 16.8. The Bertz CT molecular complexity index is 667. The maximum atomic E-state index is 5.07. The first kappa shape index (κ1) is 20.6. The fraction of sp³-hybridized carbons (Fsp3) is 0.542. The SMILES string of the molecule is CCCN(CCC)Cc1c(C)cc(-c2c(CC)cccc2CC)nc1C. The molecule has 2 rings (SSSR count). The molecular weight excluding hydrogens is 316 g/mol. The van der Waals surface area contributed by atoms with Gasteiger partial charge in [0.05, 0.1) is 5.69 Å². The molecule has 0 amide bonds. The van der Waals surface area contributed by atoms with E-state index in [0.717, 1.165) is 38.2 Å². The molecule has 0 N–H and O–H groups in total. The van der Waals surface area contributed by atoms with E-state index in [-0.39, 0.29) is 0 Å². The second kappa shape index (κ2) is 9.87. The lowest BCUT2D eigenvalue weighted by Gasteiger charge is -2.24. The summed E-state index contributed by atoms with van der Waals surface area (Å²) in [5.74, 6) is 0. The predicted molar refractivity (Wildman–Crippen MR) is 114 cm³/mol. The van der Waals surface area contributed by atoms with E-state index in [1.165, 1.54) is 46.4 Å². The summed E-state index contributed by atoms with van der Waals surface area (Å²) < 4.78 is 0. The minimum absolute atomic E-state index is 1.02. The Labute approximate surface area is 160 Å². The zero-order valence-electron chi connectivity index (χ0n) is 17.7. The monoisotopic (exact) mass is 352 g/mol. The zero-order chi connectivity index (χ0) is 19.1. The molecule has 0 aliphatic carbocycles. The molecule has 1 aromatic heterocycles. The molecule has 26 heavy (non-hydrogen) atoms. The second-order valence-corrected chi connectivity index (χ2v) is 7.32. The van der Waals surface area contributed by atoms with Crippen LogP contribution in [0.5, 0.6) is 0 Å². The normalized spacial score (nSPS) is 11.3. The maximum absolute atomic E-state index is 5.07. The van der Waals surface area contributed by atoms with Crippen molar-refractivity contribution in [2.75, 3.05) is 13.1 Å². The van der Waals surface area contributed by atoms with Crippen molar-refractivity contribution in [2.45, 2.75) is 73.8 Å². The van der Waals surface area contributed by atoms with Crippen LogP contribution >= 0.6 is 0 Å². The minimum atomic E-state index is 1.02. The Morgan fingerprint density at radius 1 is 0.885 bits per heavy atom. The minimum Gasteiger partial charge on any atom is -0.299 e. The smallest absolute Gasteiger partial charge is 0.0713 e. The lowest BCUT2D eigenvalue weighted by Crippen LogP contribution is -2.26. The molecule has 0 fully saturated rings. The van der Waals surface area contributed by atoms with Crippen molar-refractivity contribution in [1.29, 1.82) is 0 Å². The van der Waals surface area contributed by atoms with Gasteiger partial charge < -0.3 is 0 Å². The van der Waals surface area contributed by atoms with Gasteiger partial charge in [-0.2, -0.15) is 0 Å². The van der Waals surface area contributed by atoms with Gasteiger partial charge in [0.25, 0.3) is 0 Å². The van der Waals surface area contributed by atoms with Crippen LogP contribution < -0.4 is 0 Å². The van der Waals surface area contributed by atoms with Gasteiger partial charge in [-0.15, -0.1) is 0 Å². The lowest BCUT2D eigenvalue weighted by atomic mass is 9.93. The summed E-state index contributed by atoms with van der Waals surface area (Å²) in [4.78, 5) is 7.63. The van der Waals surface area contributed by atoms with Crippen LogP contribution in [-0.2, 0) is 19.4 Å². The van der Waals surface area contributed by atoms with E-state index in [1.807, 2.05) is 0 Å². The van der Waals surface area contributed by atoms with Crippen molar-refractivity contribution in [2.24, 2.45) is 0 Å². The average Bonchev–Trinajstić information content (AvgIpc) is 2.64. The van der Waals surface area contributed by atoms with E-state index in [9.17, 15) is 0 Å². The molecule has 0 bridgehead atoms. The van der Waals surface area contributed by atoms with Crippen LogP contribution in [0.25, 0.3) is 11.3 Å². The van der Waals surface area contributed by atoms with E-state index >= 15 is 0 Å². The molecule has 0 radical (unpaired) electrons. The first-order valence-corrected chi connectivity index (χ1v) is 10.4. The van der Waals surface area contributed by atoms with Gasteiger partial charge in [-0.1, -0.05) is 45.9 Å². The number of rotatable bonds is 9. The van der Waals surface area contributed by atoms with Gasteiger partial charge in [-0.25, -0.2) is 0 Å². The average molecular weight is 353 g/mol. The molecule has 0 aliphatic heterocycles. The second-order valence-electron chi connectivity index (χ2n) is 7.32. The summed E-state index contributed by atoms with van der Waals surface area (Å²) >= 11 is 0. The van der Waals surface area contributed by atoms with Crippen molar-refractivity contribution >= 4 is 0 Å². The van der Waals surface area contributed by atoms with Crippen LogP contribution in [0.15, 0.2) is 24.3 Å². The molecule has 0 aliphatic rings. The summed E-state index contributed by atoms with van der Waals surface area (Å²) in [7, 11) is 0. The van der Waals surface area contributed by atoms with E-state index in [4.69, 9.17) is 4.98 Å². The Hall–Kier alpha value is -1.67. The highest BCUT2D eigenvalue weighted by Crippen LogP contribution is 2.30. The van der Waals surface area contributed by atoms with Gasteiger partial charge in [0, 0.05) is 17.8 Å². The molecule has 0 spiro atoms. The van der Waals surface area contributed by atoms with Crippen LogP contribution in [-0.4, -0.2) is 23.0 Å². The number of hydrogen-bond acceptors (Lipinski definition) is 2.